The Labute approximate surface area is 201 Å². The Morgan fingerprint density at radius 3 is 2.60 bits per heavy atom. The van der Waals surface area contributed by atoms with E-state index in [1.165, 1.54) is 0 Å². The van der Waals surface area contributed by atoms with Gasteiger partial charge in [-0.15, -0.1) is 0 Å². The number of ether oxygens (including phenoxy) is 1. The second-order valence-electron chi connectivity index (χ2n) is 7.90. The van der Waals surface area contributed by atoms with Gasteiger partial charge >= 0.3 is 5.97 Å². The number of hydrogen-bond acceptors (Lipinski definition) is 11. The number of nitrogens with zero attached hydrogens (tertiary/aromatic N) is 6. The van der Waals surface area contributed by atoms with E-state index in [0.29, 0.717) is 41.3 Å². The van der Waals surface area contributed by atoms with Crippen molar-refractivity contribution < 1.29 is 9.53 Å². The number of rotatable bonds is 7. The van der Waals surface area contributed by atoms with Gasteiger partial charge in [0.25, 0.3) is 0 Å². The lowest BCUT2D eigenvalue weighted by Crippen LogP contribution is -2.21. The van der Waals surface area contributed by atoms with Gasteiger partial charge < -0.3 is 20.7 Å². The number of esters is 1. The molecule has 0 unspecified atom stereocenters. The molecule has 1 atom stereocenters. The third-order valence-electron chi connectivity index (χ3n) is 5.20. The number of nitrogens with one attached hydrogen (secondary N) is 3. The van der Waals surface area contributed by atoms with Crippen molar-refractivity contribution in [2.24, 2.45) is 0 Å². The maximum Gasteiger partial charge on any atom is 0.357 e. The molecule has 176 valence electrons. The van der Waals surface area contributed by atoms with E-state index in [0.717, 1.165) is 18.7 Å². The molecule has 5 heterocycles. The molecule has 0 bridgehead atoms. The molecule has 11 heteroatoms. The van der Waals surface area contributed by atoms with E-state index in [9.17, 15) is 4.79 Å². The fourth-order valence-electron chi connectivity index (χ4n) is 3.50. The van der Waals surface area contributed by atoms with Crippen LogP contribution in [0.2, 0.25) is 0 Å². The second kappa shape index (κ2) is 10.2. The molecule has 0 amide bonds. The van der Waals surface area contributed by atoms with E-state index in [-0.39, 0.29) is 11.8 Å². The second-order valence-corrected chi connectivity index (χ2v) is 7.90. The van der Waals surface area contributed by atoms with Gasteiger partial charge in [-0.2, -0.15) is 4.98 Å². The van der Waals surface area contributed by atoms with Gasteiger partial charge in [-0.1, -0.05) is 6.07 Å². The number of aromatic nitrogens is 6. The Bertz CT molecular complexity index is 1320. The Morgan fingerprint density at radius 2 is 1.83 bits per heavy atom. The first kappa shape index (κ1) is 22.3. The van der Waals surface area contributed by atoms with Crippen LogP contribution >= 0.6 is 0 Å². The van der Waals surface area contributed by atoms with Crippen molar-refractivity contribution in [3.8, 4) is 11.5 Å². The minimum absolute atomic E-state index is 0.107. The summed E-state index contributed by atoms with van der Waals surface area (Å²) in [6.45, 7) is 3.45. The maximum atomic E-state index is 12.2. The average Bonchev–Trinajstić information content (AvgIpc) is 3.38. The molecular formula is C24H23N9O2. The first-order chi connectivity index (χ1) is 17.1. The van der Waals surface area contributed by atoms with E-state index < -0.39 is 5.97 Å². The van der Waals surface area contributed by atoms with Crippen LogP contribution in [-0.2, 0) is 4.74 Å². The molecule has 1 saturated heterocycles. The number of aryl methyl sites for hydroxylation is 1. The zero-order valence-electron chi connectivity index (χ0n) is 19.0. The van der Waals surface area contributed by atoms with Crippen molar-refractivity contribution in [3.63, 3.8) is 0 Å². The van der Waals surface area contributed by atoms with Crippen LogP contribution in [-0.4, -0.2) is 55.1 Å². The van der Waals surface area contributed by atoms with Crippen molar-refractivity contribution >= 4 is 29.2 Å². The molecule has 11 nitrogen and oxygen atoms in total. The van der Waals surface area contributed by atoms with Crippen molar-refractivity contribution in [1.82, 2.24) is 35.2 Å². The van der Waals surface area contributed by atoms with Crippen molar-refractivity contribution in [1.29, 1.82) is 0 Å². The lowest BCUT2D eigenvalue weighted by atomic mass is 10.3. The summed E-state index contributed by atoms with van der Waals surface area (Å²) >= 11 is 0. The monoisotopic (exact) mass is 469 g/mol. The molecule has 0 aliphatic carbocycles. The topological polar surface area (TPSA) is 140 Å². The van der Waals surface area contributed by atoms with Crippen LogP contribution in [0.1, 0.15) is 22.6 Å². The van der Waals surface area contributed by atoms with Gasteiger partial charge in [-0.25, -0.2) is 29.7 Å². The van der Waals surface area contributed by atoms with Crippen LogP contribution in [0, 0.1) is 6.92 Å². The highest BCUT2D eigenvalue weighted by molar-refractivity contribution is 5.87. The number of carbonyl (C=O) groups excluding carboxylic acids is 1. The summed E-state index contributed by atoms with van der Waals surface area (Å²) in [6.07, 6.45) is 5.53. The van der Waals surface area contributed by atoms with Crippen LogP contribution in [0.5, 0.6) is 0 Å². The largest absolute Gasteiger partial charge is 0.456 e. The van der Waals surface area contributed by atoms with Crippen molar-refractivity contribution in [2.75, 3.05) is 23.7 Å². The summed E-state index contributed by atoms with van der Waals surface area (Å²) in [5, 5.41) is 9.41. The molecule has 4 aromatic heterocycles. The SMILES string of the molecule is Cc1cccc(-c2nccc(Nc3ccnc(Nc4ccc(C(=O)O[C@H]5CCNC5)nc4)n3)n2)n1. The molecule has 0 saturated carbocycles. The Kier molecular flexibility index (Phi) is 6.48. The number of hydrogen-bond donors (Lipinski definition) is 3. The van der Waals surface area contributed by atoms with Crippen molar-refractivity contribution in [2.45, 2.75) is 19.4 Å². The Balaban J connectivity index is 1.24. The van der Waals surface area contributed by atoms with E-state index in [1.54, 1.807) is 42.9 Å². The molecule has 0 radical (unpaired) electrons. The molecular weight excluding hydrogens is 446 g/mol. The normalized spacial score (nSPS) is 14.9. The summed E-state index contributed by atoms with van der Waals surface area (Å²) in [5.74, 6) is 1.56. The zero-order valence-corrected chi connectivity index (χ0v) is 19.0. The van der Waals surface area contributed by atoms with Gasteiger partial charge in [0.2, 0.25) is 5.95 Å². The van der Waals surface area contributed by atoms with Crippen LogP contribution < -0.4 is 16.0 Å². The van der Waals surface area contributed by atoms with Gasteiger partial charge in [-0.3, -0.25) is 0 Å². The summed E-state index contributed by atoms with van der Waals surface area (Å²) in [5.41, 5.74) is 2.47. The molecule has 0 spiro atoms. The standard InChI is InChI=1S/C24H23N9O2/c1-15-3-2-4-18(29-15)22-26-11-8-20(32-22)31-21-9-12-27-24(33-21)30-16-5-6-19(28-13-16)23(34)35-17-7-10-25-14-17/h2-6,8-9,11-13,17,25H,7,10,14H2,1H3,(H2,26,27,30,31,32,33)/t17-/m0/s1. The van der Waals surface area contributed by atoms with Gasteiger partial charge in [0.05, 0.1) is 11.9 Å². The highest BCUT2D eigenvalue weighted by atomic mass is 16.5. The average molecular weight is 470 g/mol. The minimum atomic E-state index is -0.433. The third-order valence-corrected chi connectivity index (χ3v) is 5.20. The molecule has 35 heavy (non-hydrogen) atoms. The van der Waals surface area contributed by atoms with Crippen LogP contribution in [0.3, 0.4) is 0 Å². The molecule has 5 rings (SSSR count). The quantitative estimate of drug-likeness (QED) is 0.344. The fraction of sp³-hybridized carbons (Fsp3) is 0.208. The Hall–Kier alpha value is -4.51. The van der Waals surface area contributed by atoms with E-state index in [2.05, 4.69) is 45.9 Å². The smallest absolute Gasteiger partial charge is 0.357 e. The third kappa shape index (κ3) is 5.71. The summed E-state index contributed by atoms with van der Waals surface area (Å²) < 4.78 is 5.44. The van der Waals surface area contributed by atoms with Gasteiger partial charge in [-0.05, 0) is 56.3 Å². The number of carbonyl (C=O) groups is 1. The van der Waals surface area contributed by atoms with Gasteiger partial charge in [0.1, 0.15) is 29.1 Å². The lowest BCUT2D eigenvalue weighted by Gasteiger charge is -2.11. The summed E-state index contributed by atoms with van der Waals surface area (Å²) in [6, 6.07) is 12.5. The van der Waals surface area contributed by atoms with E-state index >= 15 is 0 Å². The minimum Gasteiger partial charge on any atom is -0.456 e. The molecule has 1 fully saturated rings. The predicted octanol–water partition coefficient (Wildman–Crippen LogP) is 3.04. The van der Waals surface area contributed by atoms with Crippen LogP contribution in [0.25, 0.3) is 11.5 Å². The molecule has 3 N–H and O–H groups in total. The highest BCUT2D eigenvalue weighted by Crippen LogP contribution is 2.19. The number of anilines is 4. The molecule has 1 aliphatic rings. The predicted molar refractivity (Wildman–Crippen MR) is 130 cm³/mol. The maximum absolute atomic E-state index is 12.2. The summed E-state index contributed by atoms with van der Waals surface area (Å²) in [7, 11) is 0. The fourth-order valence-corrected chi connectivity index (χ4v) is 3.50. The highest BCUT2D eigenvalue weighted by Gasteiger charge is 2.20. The van der Waals surface area contributed by atoms with Crippen molar-refractivity contribution in [3.05, 3.63) is 72.4 Å². The van der Waals surface area contributed by atoms with Gasteiger partial charge in [0, 0.05) is 24.6 Å². The van der Waals surface area contributed by atoms with Gasteiger partial charge in [0.15, 0.2) is 5.82 Å². The first-order valence-electron chi connectivity index (χ1n) is 11.1. The lowest BCUT2D eigenvalue weighted by molar-refractivity contribution is 0.0337. The summed E-state index contributed by atoms with van der Waals surface area (Å²) in [4.78, 5) is 38.5. The van der Waals surface area contributed by atoms with E-state index in [1.807, 2.05) is 25.1 Å². The molecule has 1 aliphatic heterocycles. The number of pyridine rings is 2. The van der Waals surface area contributed by atoms with E-state index in [4.69, 9.17) is 4.74 Å². The molecule has 0 aromatic carbocycles. The zero-order chi connectivity index (χ0) is 24.0. The van der Waals surface area contributed by atoms with Crippen LogP contribution in [0.15, 0.2) is 61.1 Å². The first-order valence-corrected chi connectivity index (χ1v) is 11.1. The Morgan fingerprint density at radius 1 is 0.971 bits per heavy atom. The van der Waals surface area contributed by atoms with Crippen LogP contribution in [0.4, 0.5) is 23.3 Å². The molecule has 4 aromatic rings.